The molecule has 3 rings (SSSR count). The summed E-state index contributed by atoms with van der Waals surface area (Å²) in [6.45, 7) is 1.71. The maximum absolute atomic E-state index is 12.1. The molecule has 0 spiro atoms. The van der Waals surface area contributed by atoms with E-state index in [4.69, 9.17) is 44.1 Å². The van der Waals surface area contributed by atoms with E-state index in [9.17, 15) is 4.79 Å². The van der Waals surface area contributed by atoms with E-state index in [0.717, 1.165) is 11.1 Å². The van der Waals surface area contributed by atoms with Gasteiger partial charge in [0.05, 0.1) is 15.1 Å². The molecule has 0 radical (unpaired) electrons. The highest BCUT2D eigenvalue weighted by Gasteiger charge is 2.20. The molecule has 2 aromatic heterocycles. The van der Waals surface area contributed by atoms with Gasteiger partial charge in [0.15, 0.2) is 12.3 Å². The van der Waals surface area contributed by atoms with Gasteiger partial charge in [-0.3, -0.25) is 0 Å². The molecule has 6 nitrogen and oxygen atoms in total. The lowest BCUT2D eigenvalue weighted by molar-refractivity contribution is 0.0423. The summed E-state index contributed by atoms with van der Waals surface area (Å²) in [5, 5.41) is 3.98. The van der Waals surface area contributed by atoms with Crippen LogP contribution in [0.25, 0.3) is 11.4 Å². The van der Waals surface area contributed by atoms with Crippen LogP contribution in [-0.2, 0) is 11.3 Å². The lowest BCUT2D eigenvalue weighted by Crippen LogP contribution is -2.08. The molecule has 0 saturated heterocycles. The first-order valence-electron chi connectivity index (χ1n) is 7.02. The third-order valence-electron chi connectivity index (χ3n) is 3.29. The van der Waals surface area contributed by atoms with Crippen LogP contribution in [-0.4, -0.2) is 21.1 Å². The van der Waals surface area contributed by atoms with E-state index in [1.165, 1.54) is 6.20 Å². The summed E-state index contributed by atoms with van der Waals surface area (Å²) in [6.07, 6.45) is 1.22. The van der Waals surface area contributed by atoms with Gasteiger partial charge in [-0.1, -0.05) is 64.2 Å². The quantitative estimate of drug-likeness (QED) is 0.590. The first-order valence-corrected chi connectivity index (χ1v) is 8.16. The van der Waals surface area contributed by atoms with Gasteiger partial charge in [-0.25, -0.2) is 9.78 Å². The number of pyridine rings is 1. The van der Waals surface area contributed by atoms with Gasteiger partial charge in [0.2, 0.25) is 5.82 Å². The number of hydrogen-bond donors (Lipinski definition) is 0. The van der Waals surface area contributed by atoms with Crippen molar-refractivity contribution in [3.8, 4) is 11.4 Å². The predicted octanol–water partition coefficient (Wildman–Crippen LogP) is 4.76. The maximum Gasteiger partial charge on any atom is 0.359 e. The Kier molecular flexibility index (Phi) is 5.22. The average molecular weight is 399 g/mol. The van der Waals surface area contributed by atoms with E-state index in [0.29, 0.717) is 5.82 Å². The van der Waals surface area contributed by atoms with Crippen molar-refractivity contribution in [2.24, 2.45) is 0 Å². The lowest BCUT2D eigenvalue weighted by atomic mass is 10.1. The Hall–Kier alpha value is -2.15. The van der Waals surface area contributed by atoms with Crippen molar-refractivity contribution in [3.63, 3.8) is 0 Å². The number of benzene rings is 1. The Balaban J connectivity index is 1.72. The van der Waals surface area contributed by atoms with Gasteiger partial charge in [0.1, 0.15) is 0 Å². The zero-order valence-corrected chi connectivity index (χ0v) is 15.1. The molecule has 0 aliphatic rings. The molecule has 0 bridgehead atoms. The molecule has 3 aromatic rings. The van der Waals surface area contributed by atoms with E-state index in [1.54, 1.807) is 0 Å². The van der Waals surface area contributed by atoms with E-state index in [-0.39, 0.29) is 33.3 Å². The Labute approximate surface area is 157 Å². The summed E-state index contributed by atoms with van der Waals surface area (Å²) in [4.78, 5) is 20.1. The van der Waals surface area contributed by atoms with Crippen molar-refractivity contribution in [2.45, 2.75) is 13.5 Å². The SMILES string of the molecule is Cc1ccccc1-c1noc(COC(=O)c2ncc(Cl)c(Cl)c2Cl)n1. The monoisotopic (exact) mass is 397 g/mol. The number of carbonyl (C=O) groups is 1. The summed E-state index contributed by atoms with van der Waals surface area (Å²) in [7, 11) is 0. The highest BCUT2D eigenvalue weighted by Crippen LogP contribution is 2.31. The number of hydrogen-bond acceptors (Lipinski definition) is 6. The van der Waals surface area contributed by atoms with Crippen molar-refractivity contribution >= 4 is 40.8 Å². The van der Waals surface area contributed by atoms with Crippen molar-refractivity contribution in [2.75, 3.05) is 0 Å². The van der Waals surface area contributed by atoms with Gasteiger partial charge < -0.3 is 9.26 Å². The molecule has 25 heavy (non-hydrogen) atoms. The minimum atomic E-state index is -0.779. The number of rotatable bonds is 4. The third kappa shape index (κ3) is 3.76. The highest BCUT2D eigenvalue weighted by molar-refractivity contribution is 6.48. The minimum absolute atomic E-state index is 0.0323. The molecule has 0 N–H and O–H groups in total. The summed E-state index contributed by atoms with van der Waals surface area (Å²) in [5.74, 6) is -0.225. The van der Waals surface area contributed by atoms with E-state index < -0.39 is 5.97 Å². The number of ether oxygens (including phenoxy) is 1. The summed E-state index contributed by atoms with van der Waals surface area (Å²) < 4.78 is 10.2. The number of carbonyl (C=O) groups excluding carboxylic acids is 1. The smallest absolute Gasteiger partial charge is 0.359 e. The largest absolute Gasteiger partial charge is 0.451 e. The molecule has 128 valence electrons. The number of nitrogens with zero attached hydrogens (tertiary/aromatic N) is 3. The normalized spacial score (nSPS) is 10.7. The second-order valence-corrected chi connectivity index (χ2v) is 6.15. The molecule has 0 aliphatic carbocycles. The molecular weight excluding hydrogens is 389 g/mol. The fourth-order valence-corrected chi connectivity index (χ4v) is 2.59. The predicted molar refractivity (Wildman–Crippen MR) is 92.9 cm³/mol. The van der Waals surface area contributed by atoms with Crippen LogP contribution in [0.5, 0.6) is 0 Å². The molecule has 9 heteroatoms. The van der Waals surface area contributed by atoms with Crippen LogP contribution in [0.15, 0.2) is 35.0 Å². The molecule has 0 amide bonds. The van der Waals surface area contributed by atoms with Gasteiger partial charge in [0.25, 0.3) is 5.89 Å². The van der Waals surface area contributed by atoms with Crippen LogP contribution < -0.4 is 0 Å². The molecular formula is C16H10Cl3N3O3. The van der Waals surface area contributed by atoms with Gasteiger partial charge in [-0.2, -0.15) is 4.98 Å². The topological polar surface area (TPSA) is 78.1 Å². The summed E-state index contributed by atoms with van der Waals surface area (Å²) in [5.41, 5.74) is 1.69. The fourth-order valence-electron chi connectivity index (χ4n) is 2.03. The minimum Gasteiger partial charge on any atom is -0.451 e. The molecule has 0 atom stereocenters. The van der Waals surface area contributed by atoms with Crippen LogP contribution in [0.3, 0.4) is 0 Å². The Morgan fingerprint density at radius 2 is 1.96 bits per heavy atom. The van der Waals surface area contributed by atoms with Crippen LogP contribution in [0.2, 0.25) is 15.1 Å². The van der Waals surface area contributed by atoms with E-state index in [2.05, 4.69) is 15.1 Å². The van der Waals surface area contributed by atoms with Crippen molar-refractivity contribution in [1.82, 2.24) is 15.1 Å². The van der Waals surface area contributed by atoms with E-state index >= 15 is 0 Å². The standard InChI is InChI=1S/C16H10Cl3N3O3/c1-8-4-2-3-5-9(8)15-21-11(25-22-15)7-24-16(23)14-13(19)12(18)10(17)6-20-14/h2-6H,7H2,1H3. The number of aromatic nitrogens is 3. The number of esters is 1. The van der Waals surface area contributed by atoms with Gasteiger partial charge in [0, 0.05) is 11.8 Å². The van der Waals surface area contributed by atoms with E-state index in [1.807, 2.05) is 31.2 Å². The maximum atomic E-state index is 12.1. The van der Waals surface area contributed by atoms with Crippen molar-refractivity contribution < 1.29 is 14.1 Å². The molecule has 0 unspecified atom stereocenters. The number of halogens is 3. The molecule has 0 fully saturated rings. The third-order valence-corrected chi connectivity index (χ3v) is 4.53. The first-order chi connectivity index (χ1) is 12.0. The molecule has 2 heterocycles. The molecule has 1 aromatic carbocycles. The molecule has 0 aliphatic heterocycles. The number of aryl methyl sites for hydroxylation is 1. The summed E-state index contributed by atoms with van der Waals surface area (Å²) in [6, 6.07) is 7.59. The van der Waals surface area contributed by atoms with Crippen LogP contribution in [0.1, 0.15) is 21.9 Å². The fraction of sp³-hybridized carbons (Fsp3) is 0.125. The highest BCUT2D eigenvalue weighted by atomic mass is 35.5. The Morgan fingerprint density at radius 1 is 1.20 bits per heavy atom. The van der Waals surface area contributed by atoms with Gasteiger partial charge >= 0.3 is 5.97 Å². The van der Waals surface area contributed by atoms with Crippen LogP contribution >= 0.6 is 34.8 Å². The first kappa shape index (κ1) is 17.7. The second kappa shape index (κ2) is 7.39. The lowest BCUT2D eigenvalue weighted by Gasteiger charge is -2.05. The van der Waals surface area contributed by atoms with Crippen molar-refractivity contribution in [3.05, 3.63) is 62.7 Å². The van der Waals surface area contributed by atoms with Crippen LogP contribution in [0.4, 0.5) is 0 Å². The summed E-state index contributed by atoms with van der Waals surface area (Å²) >= 11 is 17.6. The zero-order valence-electron chi connectivity index (χ0n) is 12.8. The van der Waals surface area contributed by atoms with Gasteiger partial charge in [-0.05, 0) is 12.5 Å². The Bertz CT molecular complexity index is 943. The zero-order chi connectivity index (χ0) is 18.0. The second-order valence-electron chi connectivity index (χ2n) is 4.99. The average Bonchev–Trinajstić information content (AvgIpc) is 3.07. The van der Waals surface area contributed by atoms with Crippen LogP contribution in [0, 0.1) is 6.92 Å². The van der Waals surface area contributed by atoms with Gasteiger partial charge in [-0.15, -0.1) is 0 Å². The Morgan fingerprint density at radius 3 is 2.72 bits per heavy atom. The molecule has 0 saturated carbocycles. The van der Waals surface area contributed by atoms with Crippen molar-refractivity contribution in [1.29, 1.82) is 0 Å².